The highest BCUT2D eigenvalue weighted by molar-refractivity contribution is 5.68. The Morgan fingerprint density at radius 2 is 1.76 bits per heavy atom. The van der Waals surface area contributed by atoms with Crippen LogP contribution in [-0.4, -0.2) is 24.3 Å². The lowest BCUT2D eigenvalue weighted by Gasteiger charge is -2.23. The van der Waals surface area contributed by atoms with Crippen molar-refractivity contribution in [3.05, 3.63) is 35.4 Å². The van der Waals surface area contributed by atoms with E-state index in [9.17, 15) is 18.0 Å². The van der Waals surface area contributed by atoms with E-state index in [1.165, 1.54) is 12.1 Å². The van der Waals surface area contributed by atoms with Gasteiger partial charge in [0.15, 0.2) is 0 Å². The molecular weight excluding hydrogens is 333 g/mol. The van der Waals surface area contributed by atoms with Crippen molar-refractivity contribution >= 4 is 6.09 Å². The Balaban J connectivity index is 2.50. The van der Waals surface area contributed by atoms with Crippen LogP contribution >= 0.6 is 0 Å². The second-order valence-corrected chi connectivity index (χ2v) is 7.10. The van der Waals surface area contributed by atoms with Gasteiger partial charge in [-0.2, -0.15) is 13.2 Å². The number of amides is 1. The second-order valence-electron chi connectivity index (χ2n) is 7.10. The average Bonchev–Trinajstić information content (AvgIpc) is 2.44. The molecule has 142 valence electrons. The third-order valence-corrected chi connectivity index (χ3v) is 3.52. The van der Waals surface area contributed by atoms with Gasteiger partial charge in [0, 0.05) is 12.1 Å². The molecule has 2 N–H and O–H groups in total. The van der Waals surface area contributed by atoms with Crippen LogP contribution in [0.2, 0.25) is 0 Å². The standard InChI is InChI=1S/C18H27F3N2O2/c1-12(23-16(24)25-17(3,4)5)10-11-22-13(2)14-8-6-7-9-15(14)18(19,20)21/h6-9,12-13,22H,10-11H2,1-5H3,(H,23,24). The first-order chi connectivity index (χ1) is 11.4. The number of carbonyl (C=O) groups is 1. The molecule has 1 aromatic rings. The smallest absolute Gasteiger partial charge is 0.416 e. The Hall–Kier alpha value is -1.76. The van der Waals surface area contributed by atoms with Crippen molar-refractivity contribution in [1.29, 1.82) is 0 Å². The summed E-state index contributed by atoms with van der Waals surface area (Å²) in [5.74, 6) is 0. The molecule has 0 bridgehead atoms. The lowest BCUT2D eigenvalue weighted by atomic mass is 10.0. The zero-order valence-corrected chi connectivity index (χ0v) is 15.3. The number of hydrogen-bond acceptors (Lipinski definition) is 3. The van der Waals surface area contributed by atoms with E-state index in [0.717, 1.165) is 6.07 Å². The molecule has 7 heteroatoms. The summed E-state index contributed by atoms with van der Waals surface area (Å²) in [6.45, 7) is 9.30. The predicted octanol–water partition coefficient (Wildman–Crippen LogP) is 4.66. The van der Waals surface area contributed by atoms with Crippen LogP contribution in [0, 0.1) is 0 Å². The Morgan fingerprint density at radius 1 is 1.16 bits per heavy atom. The maximum Gasteiger partial charge on any atom is 0.416 e. The van der Waals surface area contributed by atoms with Crippen LogP contribution in [0.4, 0.5) is 18.0 Å². The number of halogens is 3. The van der Waals surface area contributed by atoms with Crippen molar-refractivity contribution < 1.29 is 22.7 Å². The van der Waals surface area contributed by atoms with E-state index in [0.29, 0.717) is 13.0 Å². The van der Waals surface area contributed by atoms with E-state index in [4.69, 9.17) is 4.74 Å². The number of rotatable bonds is 6. The quantitative estimate of drug-likeness (QED) is 0.776. The summed E-state index contributed by atoms with van der Waals surface area (Å²) >= 11 is 0. The molecule has 0 radical (unpaired) electrons. The third-order valence-electron chi connectivity index (χ3n) is 3.52. The van der Waals surface area contributed by atoms with Gasteiger partial charge in [-0.05, 0) is 59.2 Å². The number of nitrogens with one attached hydrogen (secondary N) is 2. The molecule has 4 nitrogen and oxygen atoms in total. The highest BCUT2D eigenvalue weighted by atomic mass is 19.4. The van der Waals surface area contributed by atoms with Crippen molar-refractivity contribution in [3.8, 4) is 0 Å². The van der Waals surface area contributed by atoms with Crippen LogP contribution < -0.4 is 10.6 Å². The Labute approximate surface area is 147 Å². The van der Waals surface area contributed by atoms with Gasteiger partial charge in [0.05, 0.1) is 5.56 Å². The lowest BCUT2D eigenvalue weighted by molar-refractivity contribution is -0.138. The molecule has 1 aromatic carbocycles. The summed E-state index contributed by atoms with van der Waals surface area (Å²) < 4.78 is 44.3. The van der Waals surface area contributed by atoms with Crippen molar-refractivity contribution in [2.24, 2.45) is 0 Å². The van der Waals surface area contributed by atoms with Crippen LogP contribution in [0.15, 0.2) is 24.3 Å². The van der Waals surface area contributed by atoms with E-state index in [1.54, 1.807) is 33.8 Å². The minimum absolute atomic E-state index is 0.160. The van der Waals surface area contributed by atoms with Crippen molar-refractivity contribution in [2.75, 3.05) is 6.54 Å². The minimum atomic E-state index is -4.38. The Bertz CT molecular complexity index is 568. The zero-order valence-electron chi connectivity index (χ0n) is 15.3. The van der Waals surface area contributed by atoms with Crippen LogP contribution in [-0.2, 0) is 10.9 Å². The molecule has 0 aliphatic carbocycles. The zero-order chi connectivity index (χ0) is 19.3. The van der Waals surface area contributed by atoms with Gasteiger partial charge >= 0.3 is 12.3 Å². The van der Waals surface area contributed by atoms with Gasteiger partial charge in [0.2, 0.25) is 0 Å². The molecule has 0 saturated carbocycles. The third kappa shape index (κ3) is 7.77. The fourth-order valence-electron chi connectivity index (χ4n) is 2.34. The molecule has 2 unspecified atom stereocenters. The molecule has 0 spiro atoms. The molecule has 0 saturated heterocycles. The van der Waals surface area contributed by atoms with E-state index in [2.05, 4.69) is 10.6 Å². The molecule has 0 heterocycles. The monoisotopic (exact) mass is 360 g/mol. The maximum absolute atomic E-state index is 13.0. The predicted molar refractivity (Wildman–Crippen MR) is 91.3 cm³/mol. The Kier molecular flexibility index (Phi) is 7.29. The largest absolute Gasteiger partial charge is 0.444 e. The molecule has 0 aromatic heterocycles. The van der Waals surface area contributed by atoms with Gasteiger partial charge in [-0.3, -0.25) is 0 Å². The summed E-state index contributed by atoms with van der Waals surface area (Å²) in [6.07, 6.45) is -4.31. The van der Waals surface area contributed by atoms with Crippen LogP contribution in [0.25, 0.3) is 0 Å². The summed E-state index contributed by atoms with van der Waals surface area (Å²) in [7, 11) is 0. The van der Waals surface area contributed by atoms with E-state index in [1.807, 2.05) is 6.92 Å². The molecule has 2 atom stereocenters. The van der Waals surface area contributed by atoms with E-state index >= 15 is 0 Å². The van der Waals surface area contributed by atoms with Crippen LogP contribution in [0.3, 0.4) is 0 Å². The van der Waals surface area contributed by atoms with Gasteiger partial charge < -0.3 is 15.4 Å². The number of benzene rings is 1. The first kappa shape index (κ1) is 21.3. The number of carbonyl (C=O) groups excluding carboxylic acids is 1. The number of ether oxygens (including phenoxy) is 1. The van der Waals surface area contributed by atoms with Gasteiger partial charge in [-0.15, -0.1) is 0 Å². The number of alkyl halides is 3. The molecule has 1 rings (SSSR count). The fourth-order valence-corrected chi connectivity index (χ4v) is 2.34. The minimum Gasteiger partial charge on any atom is -0.444 e. The molecule has 25 heavy (non-hydrogen) atoms. The summed E-state index contributed by atoms with van der Waals surface area (Å²) in [6, 6.07) is 4.92. The first-order valence-electron chi connectivity index (χ1n) is 8.29. The van der Waals surface area contributed by atoms with Crippen molar-refractivity contribution in [3.63, 3.8) is 0 Å². The molecule has 0 aliphatic heterocycles. The molecule has 0 fully saturated rings. The van der Waals surface area contributed by atoms with E-state index in [-0.39, 0.29) is 11.6 Å². The average molecular weight is 360 g/mol. The number of hydrogen-bond donors (Lipinski definition) is 2. The summed E-state index contributed by atoms with van der Waals surface area (Å²) in [4.78, 5) is 11.7. The van der Waals surface area contributed by atoms with Crippen molar-refractivity contribution in [1.82, 2.24) is 10.6 Å². The maximum atomic E-state index is 13.0. The highest BCUT2D eigenvalue weighted by Gasteiger charge is 2.34. The van der Waals surface area contributed by atoms with Gasteiger partial charge in [-0.25, -0.2) is 4.79 Å². The SMILES string of the molecule is CC(CCNC(C)c1ccccc1C(F)(F)F)NC(=O)OC(C)(C)C. The van der Waals surface area contributed by atoms with Gasteiger partial charge in [0.25, 0.3) is 0 Å². The molecule has 1 amide bonds. The molecule has 0 aliphatic rings. The lowest BCUT2D eigenvalue weighted by Crippen LogP contribution is -2.39. The fraction of sp³-hybridized carbons (Fsp3) is 0.611. The highest BCUT2D eigenvalue weighted by Crippen LogP contribution is 2.34. The molecular formula is C18H27F3N2O2. The van der Waals surface area contributed by atoms with Crippen LogP contribution in [0.1, 0.15) is 58.2 Å². The van der Waals surface area contributed by atoms with Crippen molar-refractivity contribution in [2.45, 2.75) is 64.9 Å². The topological polar surface area (TPSA) is 50.4 Å². The van der Waals surface area contributed by atoms with E-state index < -0.39 is 29.5 Å². The van der Waals surface area contributed by atoms with Gasteiger partial charge in [-0.1, -0.05) is 18.2 Å². The normalized spacial score (nSPS) is 14.7. The van der Waals surface area contributed by atoms with Gasteiger partial charge in [0.1, 0.15) is 5.60 Å². The van der Waals surface area contributed by atoms with Crippen LogP contribution in [0.5, 0.6) is 0 Å². The Morgan fingerprint density at radius 3 is 2.32 bits per heavy atom. The first-order valence-corrected chi connectivity index (χ1v) is 8.29. The second kappa shape index (κ2) is 8.56. The summed E-state index contributed by atoms with van der Waals surface area (Å²) in [5, 5.41) is 5.78. The number of alkyl carbamates (subject to hydrolysis) is 1. The summed E-state index contributed by atoms with van der Waals surface area (Å²) in [5.41, 5.74) is -0.990.